The molecule has 0 fully saturated rings. The maximum Gasteiger partial charge on any atom is 0.338 e. The van der Waals surface area contributed by atoms with Gasteiger partial charge in [0.05, 0.1) is 36.7 Å². The summed E-state index contributed by atoms with van der Waals surface area (Å²) in [5.41, 5.74) is 3.34. The van der Waals surface area contributed by atoms with Crippen LogP contribution in [0, 0.1) is 13.8 Å². The topological polar surface area (TPSA) is 93.9 Å². The second kappa shape index (κ2) is 6.46. The maximum atomic E-state index is 12.8. The summed E-state index contributed by atoms with van der Waals surface area (Å²) in [5, 5.41) is 6.84. The lowest BCUT2D eigenvalue weighted by Crippen LogP contribution is -2.46. The van der Waals surface area contributed by atoms with Gasteiger partial charge in [0.15, 0.2) is 0 Å². The summed E-state index contributed by atoms with van der Waals surface area (Å²) >= 11 is 0. The zero-order chi connectivity index (χ0) is 19.1. The van der Waals surface area contributed by atoms with Crippen LogP contribution >= 0.6 is 0 Å². The van der Waals surface area contributed by atoms with Crippen molar-refractivity contribution in [3.8, 4) is 5.75 Å². The summed E-state index contributed by atoms with van der Waals surface area (Å²) in [5.74, 6) is 0.920. The molecule has 2 aromatic rings. The van der Waals surface area contributed by atoms with Crippen LogP contribution in [-0.2, 0) is 16.1 Å². The first-order chi connectivity index (χ1) is 13.0. The van der Waals surface area contributed by atoms with E-state index >= 15 is 0 Å². The van der Waals surface area contributed by atoms with Gasteiger partial charge in [-0.05, 0) is 31.5 Å². The van der Waals surface area contributed by atoms with Crippen molar-refractivity contribution < 1.29 is 23.6 Å². The SMILES string of the molecule is COc1ccc([C@H]2NC(=O)N(Cc3c(C)noc3C)C3=C2C(=O)OC3)cc1. The lowest BCUT2D eigenvalue weighted by atomic mass is 9.95. The third-order valence-electron chi connectivity index (χ3n) is 4.94. The number of urea groups is 1. The minimum atomic E-state index is -0.561. The molecule has 0 spiro atoms. The fourth-order valence-corrected chi connectivity index (χ4v) is 3.41. The molecular weight excluding hydrogens is 350 g/mol. The predicted molar refractivity (Wildman–Crippen MR) is 93.8 cm³/mol. The second-order valence-corrected chi connectivity index (χ2v) is 6.48. The van der Waals surface area contributed by atoms with Gasteiger partial charge in [0.25, 0.3) is 0 Å². The molecule has 27 heavy (non-hydrogen) atoms. The molecule has 1 atom stereocenters. The molecule has 0 radical (unpaired) electrons. The van der Waals surface area contributed by atoms with Crippen LogP contribution in [0.3, 0.4) is 0 Å². The highest BCUT2D eigenvalue weighted by Gasteiger charge is 2.42. The number of esters is 1. The largest absolute Gasteiger partial charge is 0.497 e. The highest BCUT2D eigenvalue weighted by atomic mass is 16.5. The summed E-state index contributed by atoms with van der Waals surface area (Å²) in [4.78, 5) is 26.7. The quantitative estimate of drug-likeness (QED) is 0.832. The summed E-state index contributed by atoms with van der Waals surface area (Å²) in [6, 6.07) is 6.37. The van der Waals surface area contributed by atoms with E-state index in [0.29, 0.717) is 28.5 Å². The summed E-state index contributed by atoms with van der Waals surface area (Å²) in [6.07, 6.45) is 0. The number of amides is 2. The first-order valence-corrected chi connectivity index (χ1v) is 8.53. The van der Waals surface area contributed by atoms with Crippen LogP contribution < -0.4 is 10.1 Å². The Morgan fingerprint density at radius 3 is 2.63 bits per heavy atom. The minimum Gasteiger partial charge on any atom is -0.497 e. The number of hydrogen-bond donors (Lipinski definition) is 1. The Bertz CT molecular complexity index is 925. The number of carbonyl (C=O) groups is 2. The van der Waals surface area contributed by atoms with E-state index in [-0.39, 0.29) is 19.2 Å². The van der Waals surface area contributed by atoms with E-state index in [0.717, 1.165) is 11.1 Å². The van der Waals surface area contributed by atoms with Crippen molar-refractivity contribution in [2.45, 2.75) is 26.4 Å². The van der Waals surface area contributed by atoms with Crippen LogP contribution in [0.15, 0.2) is 40.1 Å². The van der Waals surface area contributed by atoms with Gasteiger partial charge in [-0.1, -0.05) is 17.3 Å². The highest BCUT2D eigenvalue weighted by Crippen LogP contribution is 2.36. The number of nitrogens with zero attached hydrogens (tertiary/aromatic N) is 2. The Hall–Kier alpha value is -3.29. The van der Waals surface area contributed by atoms with Crippen LogP contribution in [0.5, 0.6) is 5.75 Å². The van der Waals surface area contributed by atoms with Crippen LogP contribution in [0.25, 0.3) is 0 Å². The Morgan fingerprint density at radius 1 is 1.26 bits per heavy atom. The summed E-state index contributed by atoms with van der Waals surface area (Å²) in [7, 11) is 1.58. The van der Waals surface area contributed by atoms with E-state index < -0.39 is 12.0 Å². The van der Waals surface area contributed by atoms with E-state index in [1.165, 1.54) is 4.90 Å². The lowest BCUT2D eigenvalue weighted by Gasteiger charge is -2.32. The van der Waals surface area contributed by atoms with Crippen LogP contribution in [0.2, 0.25) is 0 Å². The molecule has 0 bridgehead atoms. The molecule has 0 saturated heterocycles. The van der Waals surface area contributed by atoms with Gasteiger partial charge in [0.1, 0.15) is 18.1 Å². The molecule has 0 saturated carbocycles. The second-order valence-electron chi connectivity index (χ2n) is 6.48. The normalized spacial score (nSPS) is 19.1. The molecule has 3 heterocycles. The Labute approximate surface area is 155 Å². The molecule has 1 aromatic carbocycles. The van der Waals surface area contributed by atoms with E-state index in [4.69, 9.17) is 14.0 Å². The van der Waals surface area contributed by atoms with Gasteiger partial charge in [0.2, 0.25) is 0 Å². The van der Waals surface area contributed by atoms with Gasteiger partial charge >= 0.3 is 12.0 Å². The zero-order valence-corrected chi connectivity index (χ0v) is 15.2. The van der Waals surface area contributed by atoms with E-state index in [1.807, 2.05) is 19.1 Å². The molecule has 2 aliphatic heterocycles. The Morgan fingerprint density at radius 2 is 2.00 bits per heavy atom. The van der Waals surface area contributed by atoms with Gasteiger partial charge < -0.3 is 19.3 Å². The smallest absolute Gasteiger partial charge is 0.338 e. The van der Waals surface area contributed by atoms with Gasteiger partial charge in [-0.3, -0.25) is 4.90 Å². The number of cyclic esters (lactones) is 1. The highest BCUT2D eigenvalue weighted by molar-refractivity contribution is 5.97. The third-order valence-corrected chi connectivity index (χ3v) is 4.94. The molecule has 8 heteroatoms. The first-order valence-electron chi connectivity index (χ1n) is 8.53. The monoisotopic (exact) mass is 369 g/mol. The molecule has 1 aromatic heterocycles. The third kappa shape index (κ3) is 2.83. The number of ether oxygens (including phenoxy) is 2. The van der Waals surface area contributed by atoms with Crippen molar-refractivity contribution in [1.29, 1.82) is 0 Å². The summed E-state index contributed by atoms with van der Waals surface area (Å²) in [6.45, 7) is 3.94. The summed E-state index contributed by atoms with van der Waals surface area (Å²) < 4.78 is 15.6. The standard InChI is InChI=1S/C19H19N3O5/c1-10-14(11(2)27-21-10)8-22-15-9-26-18(23)16(15)17(20-19(22)24)12-4-6-13(25-3)7-5-12/h4-7,17H,8-9H2,1-3H3,(H,20,24)/t17-/m1/s1. The van der Waals surface area contributed by atoms with Gasteiger partial charge in [0, 0.05) is 5.56 Å². The Balaban J connectivity index is 1.72. The van der Waals surface area contributed by atoms with Crippen molar-refractivity contribution in [2.24, 2.45) is 0 Å². The molecule has 4 rings (SSSR count). The molecule has 140 valence electrons. The number of aryl methyl sites for hydroxylation is 2. The molecule has 0 aliphatic carbocycles. The first kappa shape index (κ1) is 17.1. The van der Waals surface area contributed by atoms with Crippen LogP contribution in [0.1, 0.15) is 28.6 Å². The molecule has 8 nitrogen and oxygen atoms in total. The lowest BCUT2D eigenvalue weighted by molar-refractivity contribution is -0.136. The molecule has 2 aliphatic rings. The fraction of sp³-hybridized carbons (Fsp3) is 0.316. The number of nitrogens with one attached hydrogen (secondary N) is 1. The van der Waals surface area contributed by atoms with Crippen molar-refractivity contribution in [1.82, 2.24) is 15.4 Å². The van der Waals surface area contributed by atoms with Crippen molar-refractivity contribution >= 4 is 12.0 Å². The number of rotatable bonds is 4. The van der Waals surface area contributed by atoms with E-state index in [1.54, 1.807) is 26.2 Å². The van der Waals surface area contributed by atoms with Gasteiger partial charge in [-0.15, -0.1) is 0 Å². The molecular formula is C19H19N3O5. The number of benzene rings is 1. The van der Waals surface area contributed by atoms with E-state index in [9.17, 15) is 9.59 Å². The molecule has 0 unspecified atom stereocenters. The minimum absolute atomic E-state index is 0.0671. The van der Waals surface area contributed by atoms with Gasteiger partial charge in [-0.2, -0.15) is 0 Å². The number of aromatic nitrogens is 1. The number of hydrogen-bond acceptors (Lipinski definition) is 6. The van der Waals surface area contributed by atoms with Crippen molar-refractivity contribution in [2.75, 3.05) is 13.7 Å². The fourth-order valence-electron chi connectivity index (χ4n) is 3.41. The maximum absolute atomic E-state index is 12.8. The predicted octanol–water partition coefficient (Wildman–Crippen LogP) is 2.38. The molecule has 2 amide bonds. The zero-order valence-electron chi connectivity index (χ0n) is 15.2. The average molecular weight is 369 g/mol. The van der Waals surface area contributed by atoms with Crippen molar-refractivity contribution in [3.05, 3.63) is 58.1 Å². The number of methoxy groups -OCH3 is 1. The van der Waals surface area contributed by atoms with Crippen molar-refractivity contribution in [3.63, 3.8) is 0 Å². The molecule has 1 N–H and O–H groups in total. The Kier molecular flexibility index (Phi) is 4.10. The average Bonchev–Trinajstić information content (AvgIpc) is 3.20. The number of carbonyl (C=O) groups excluding carboxylic acids is 2. The van der Waals surface area contributed by atoms with Crippen LogP contribution in [0.4, 0.5) is 4.79 Å². The van der Waals surface area contributed by atoms with Crippen LogP contribution in [-0.4, -0.2) is 35.8 Å². The van der Waals surface area contributed by atoms with Gasteiger partial charge in [-0.25, -0.2) is 9.59 Å². The van der Waals surface area contributed by atoms with E-state index in [2.05, 4.69) is 10.5 Å².